The second-order valence-corrected chi connectivity index (χ2v) is 5.43. The fourth-order valence-corrected chi connectivity index (χ4v) is 1.67. The van der Waals surface area contributed by atoms with Crippen molar-refractivity contribution in [2.75, 3.05) is 13.1 Å². The first kappa shape index (κ1) is 18.3. The zero-order valence-electron chi connectivity index (χ0n) is 13.2. The van der Waals surface area contributed by atoms with Crippen LogP contribution < -0.4 is 10.6 Å². The molecule has 0 heterocycles. The van der Waals surface area contributed by atoms with Crippen molar-refractivity contribution >= 4 is 23.6 Å². The van der Waals surface area contributed by atoms with E-state index in [1.807, 2.05) is 0 Å². The molecule has 0 bridgehead atoms. The Labute approximate surface area is 134 Å². The quantitative estimate of drug-likeness (QED) is 0.434. The summed E-state index contributed by atoms with van der Waals surface area (Å²) < 4.78 is 0. The van der Waals surface area contributed by atoms with Gasteiger partial charge in [0.1, 0.15) is 0 Å². The van der Waals surface area contributed by atoms with Gasteiger partial charge in [-0.1, -0.05) is 13.8 Å². The lowest BCUT2D eigenvalue weighted by Crippen LogP contribution is -2.36. The molecule has 0 saturated carbocycles. The Morgan fingerprint density at radius 1 is 1.22 bits per heavy atom. The number of non-ortho nitro benzene ring substituents is 1. The summed E-state index contributed by atoms with van der Waals surface area (Å²) in [5.74, 6) is -0.125. The molecule has 1 aromatic carbocycles. The molecule has 7 heteroatoms. The van der Waals surface area contributed by atoms with Crippen molar-refractivity contribution in [3.8, 4) is 0 Å². The van der Waals surface area contributed by atoms with Crippen LogP contribution in [0.2, 0.25) is 0 Å². The first-order valence-corrected chi connectivity index (χ1v) is 7.35. The largest absolute Gasteiger partial charge is 0.355 e. The van der Waals surface area contributed by atoms with Crippen molar-refractivity contribution in [3.05, 3.63) is 46.0 Å². The smallest absolute Gasteiger partial charge is 0.269 e. The Morgan fingerprint density at radius 2 is 1.87 bits per heavy atom. The molecule has 0 aliphatic heterocycles. The van der Waals surface area contributed by atoms with Crippen LogP contribution in [0.15, 0.2) is 30.3 Å². The summed E-state index contributed by atoms with van der Waals surface area (Å²) in [5, 5.41) is 15.7. The van der Waals surface area contributed by atoms with Crippen molar-refractivity contribution < 1.29 is 14.5 Å². The van der Waals surface area contributed by atoms with Crippen LogP contribution in [0.3, 0.4) is 0 Å². The molecular formula is C16H21N3O4. The van der Waals surface area contributed by atoms with E-state index in [1.165, 1.54) is 24.3 Å². The zero-order chi connectivity index (χ0) is 17.2. The van der Waals surface area contributed by atoms with Gasteiger partial charge in [0.2, 0.25) is 11.8 Å². The fourth-order valence-electron chi connectivity index (χ4n) is 1.67. The summed E-state index contributed by atoms with van der Waals surface area (Å²) in [6.45, 7) is 4.64. The predicted molar refractivity (Wildman–Crippen MR) is 87.6 cm³/mol. The maximum Gasteiger partial charge on any atom is 0.269 e. The van der Waals surface area contributed by atoms with Gasteiger partial charge < -0.3 is 10.6 Å². The minimum absolute atomic E-state index is 0.00956. The van der Waals surface area contributed by atoms with Gasteiger partial charge in [-0.05, 0) is 36.1 Å². The number of carbonyl (C=O) groups excluding carboxylic acids is 2. The lowest BCUT2D eigenvalue weighted by atomic mass is 10.1. The fraction of sp³-hybridized carbons (Fsp3) is 0.375. The maximum atomic E-state index is 11.6. The molecule has 124 valence electrons. The van der Waals surface area contributed by atoms with Crippen molar-refractivity contribution in [1.29, 1.82) is 0 Å². The van der Waals surface area contributed by atoms with E-state index in [1.54, 1.807) is 12.1 Å². The number of rotatable bonds is 8. The Hall–Kier alpha value is -2.70. The topological polar surface area (TPSA) is 101 Å². The summed E-state index contributed by atoms with van der Waals surface area (Å²) in [6, 6.07) is 5.81. The third-order valence-electron chi connectivity index (χ3n) is 3.00. The van der Waals surface area contributed by atoms with Gasteiger partial charge in [-0.3, -0.25) is 19.7 Å². The second-order valence-electron chi connectivity index (χ2n) is 5.43. The molecule has 1 rings (SSSR count). The molecule has 0 fully saturated rings. The Morgan fingerprint density at radius 3 is 2.43 bits per heavy atom. The van der Waals surface area contributed by atoms with E-state index in [9.17, 15) is 19.7 Å². The van der Waals surface area contributed by atoms with E-state index in [4.69, 9.17) is 0 Å². The van der Waals surface area contributed by atoms with E-state index < -0.39 is 10.8 Å². The van der Waals surface area contributed by atoms with Crippen LogP contribution in [0.4, 0.5) is 5.69 Å². The van der Waals surface area contributed by atoms with Crippen molar-refractivity contribution in [2.24, 2.45) is 5.92 Å². The highest BCUT2D eigenvalue weighted by Crippen LogP contribution is 2.12. The molecule has 2 amide bonds. The van der Waals surface area contributed by atoms with E-state index in [0.29, 0.717) is 18.0 Å². The highest BCUT2D eigenvalue weighted by Gasteiger charge is 2.04. The third kappa shape index (κ3) is 7.75. The predicted octanol–water partition coefficient (Wildman–Crippen LogP) is 1.89. The first-order valence-electron chi connectivity index (χ1n) is 7.35. The van der Waals surface area contributed by atoms with Crippen LogP contribution in [0.25, 0.3) is 6.08 Å². The third-order valence-corrected chi connectivity index (χ3v) is 3.00. The number of nitrogens with zero attached hydrogens (tertiary/aromatic N) is 1. The SMILES string of the molecule is CC(C)CCNC(=O)CNC(=O)C=Cc1ccc([N+](=O)[O-])cc1. The van der Waals surface area contributed by atoms with Gasteiger partial charge in [-0.25, -0.2) is 0 Å². The second kappa shape index (κ2) is 9.34. The molecule has 0 saturated heterocycles. The van der Waals surface area contributed by atoms with Crippen LogP contribution in [0.5, 0.6) is 0 Å². The average molecular weight is 319 g/mol. The number of hydrogen-bond donors (Lipinski definition) is 2. The van der Waals surface area contributed by atoms with E-state index in [0.717, 1.165) is 6.42 Å². The van der Waals surface area contributed by atoms with Crippen molar-refractivity contribution in [3.63, 3.8) is 0 Å². The molecule has 0 radical (unpaired) electrons. The molecule has 7 nitrogen and oxygen atoms in total. The Kier molecular flexibility index (Phi) is 7.45. The molecule has 0 aliphatic carbocycles. The number of nitro benzene ring substituents is 1. The van der Waals surface area contributed by atoms with Gasteiger partial charge in [0.15, 0.2) is 0 Å². The van der Waals surface area contributed by atoms with Gasteiger partial charge >= 0.3 is 0 Å². The van der Waals surface area contributed by atoms with E-state index >= 15 is 0 Å². The number of nitro groups is 1. The highest BCUT2D eigenvalue weighted by atomic mass is 16.6. The summed E-state index contributed by atoms with van der Waals surface area (Å²) in [5.41, 5.74) is 0.650. The van der Waals surface area contributed by atoms with Gasteiger partial charge in [0.25, 0.3) is 5.69 Å². The molecule has 0 atom stereocenters. The minimum atomic E-state index is -0.488. The molecule has 0 unspecified atom stereocenters. The van der Waals surface area contributed by atoms with Crippen LogP contribution >= 0.6 is 0 Å². The van der Waals surface area contributed by atoms with Crippen LogP contribution in [-0.2, 0) is 9.59 Å². The standard InChI is InChI=1S/C16H21N3O4/c1-12(2)9-10-17-16(21)11-18-15(20)8-5-13-3-6-14(7-4-13)19(22)23/h3-8,12H,9-11H2,1-2H3,(H,17,21)(H,18,20). The molecule has 1 aromatic rings. The molecule has 2 N–H and O–H groups in total. The molecule has 0 spiro atoms. The van der Waals surface area contributed by atoms with Gasteiger partial charge in [-0.2, -0.15) is 0 Å². The Bertz CT molecular complexity index is 579. The van der Waals surface area contributed by atoms with Crippen LogP contribution in [0, 0.1) is 16.0 Å². The monoisotopic (exact) mass is 319 g/mol. The van der Waals surface area contributed by atoms with Gasteiger partial charge in [0.05, 0.1) is 11.5 Å². The normalized spacial score (nSPS) is 10.7. The number of carbonyl (C=O) groups is 2. The summed E-state index contributed by atoms with van der Waals surface area (Å²) >= 11 is 0. The van der Waals surface area contributed by atoms with Crippen molar-refractivity contribution in [2.45, 2.75) is 20.3 Å². The summed E-state index contributed by atoms with van der Waals surface area (Å²) in [7, 11) is 0. The molecular weight excluding hydrogens is 298 g/mol. The number of benzene rings is 1. The summed E-state index contributed by atoms with van der Waals surface area (Å²) in [6.07, 6.45) is 3.69. The van der Waals surface area contributed by atoms with E-state index in [2.05, 4.69) is 24.5 Å². The highest BCUT2D eigenvalue weighted by molar-refractivity contribution is 5.94. The first-order chi connectivity index (χ1) is 10.9. The van der Waals surface area contributed by atoms with Crippen LogP contribution in [0.1, 0.15) is 25.8 Å². The zero-order valence-corrected chi connectivity index (χ0v) is 13.2. The Balaban J connectivity index is 2.35. The van der Waals surface area contributed by atoms with E-state index in [-0.39, 0.29) is 18.1 Å². The molecule has 0 aliphatic rings. The molecule has 23 heavy (non-hydrogen) atoms. The lowest BCUT2D eigenvalue weighted by molar-refractivity contribution is -0.384. The minimum Gasteiger partial charge on any atom is -0.355 e. The van der Waals surface area contributed by atoms with Crippen molar-refractivity contribution in [1.82, 2.24) is 10.6 Å². The number of hydrogen-bond acceptors (Lipinski definition) is 4. The maximum absolute atomic E-state index is 11.6. The number of nitrogens with one attached hydrogen (secondary N) is 2. The lowest BCUT2D eigenvalue weighted by Gasteiger charge is -2.07. The molecule has 0 aromatic heterocycles. The van der Waals surface area contributed by atoms with Gasteiger partial charge in [-0.15, -0.1) is 0 Å². The number of amides is 2. The summed E-state index contributed by atoms with van der Waals surface area (Å²) in [4.78, 5) is 33.1. The van der Waals surface area contributed by atoms with Gasteiger partial charge in [0, 0.05) is 24.8 Å². The average Bonchev–Trinajstić information content (AvgIpc) is 2.51. The van der Waals surface area contributed by atoms with Crippen LogP contribution in [-0.4, -0.2) is 29.8 Å².